The van der Waals surface area contributed by atoms with Crippen molar-refractivity contribution in [1.82, 2.24) is 0 Å². The van der Waals surface area contributed by atoms with Gasteiger partial charge in [0.15, 0.2) is 25.0 Å². The summed E-state index contributed by atoms with van der Waals surface area (Å²) < 4.78 is 20.1. The van der Waals surface area contributed by atoms with Crippen molar-refractivity contribution in [2.24, 2.45) is 10.8 Å². The highest BCUT2D eigenvalue weighted by molar-refractivity contribution is 6.70. The molecule has 0 aromatic carbocycles. The van der Waals surface area contributed by atoms with Crippen LogP contribution < -0.4 is 0 Å². The second-order valence-electron chi connectivity index (χ2n) is 20.2. The van der Waals surface area contributed by atoms with Gasteiger partial charge in [-0.2, -0.15) is 0 Å². The maximum Gasteiger partial charge on any atom is 0.185 e. The van der Waals surface area contributed by atoms with E-state index in [-0.39, 0.29) is 16.9 Å². The van der Waals surface area contributed by atoms with E-state index in [1.807, 2.05) is 0 Å². The third-order valence-corrected chi connectivity index (χ3v) is 12.8. The van der Waals surface area contributed by atoms with Gasteiger partial charge in [-0.1, -0.05) is 135 Å². The molecule has 0 saturated carbocycles. The Morgan fingerprint density at radius 2 is 1.18 bits per heavy atom. The maximum absolute atomic E-state index is 7.08. The zero-order valence-electron chi connectivity index (χ0n) is 38.5. The minimum absolute atomic E-state index is 0.0289. The van der Waals surface area contributed by atoms with Crippen molar-refractivity contribution in [2.45, 2.75) is 165 Å². The molecule has 2 aliphatic carbocycles. The average Bonchev–Trinajstić information content (AvgIpc) is 2.97. The predicted octanol–water partition coefficient (Wildman–Crippen LogP) is 14.5. The molecule has 304 valence electrons. The topological polar surface area (TPSA) is 27.7 Å². The highest BCUT2D eigenvalue weighted by atomic mass is 28.4. The summed E-state index contributed by atoms with van der Waals surface area (Å²) in [5, 5.41) is 0. The second-order valence-corrected chi connectivity index (χ2v) is 33.6. The number of hydrogen-bond donors (Lipinski definition) is 0. The molecular weight excluding hydrogens is 721 g/mol. The molecule has 6 heteroatoms. The third kappa shape index (κ3) is 16.9. The van der Waals surface area contributed by atoms with Gasteiger partial charge in [0.1, 0.15) is 5.60 Å². The van der Waals surface area contributed by atoms with E-state index in [1.54, 1.807) is 0 Å². The summed E-state index contributed by atoms with van der Waals surface area (Å²) in [6.45, 7) is 42.7. The molecule has 0 fully saturated rings. The van der Waals surface area contributed by atoms with E-state index in [4.69, 9.17) is 13.3 Å². The first-order valence-electron chi connectivity index (χ1n) is 20.4. The molecule has 2 rings (SSSR count). The first kappa shape index (κ1) is 48.6. The Labute approximate surface area is 342 Å². The fourth-order valence-corrected chi connectivity index (χ4v) is 11.3. The van der Waals surface area contributed by atoms with Crippen LogP contribution in [0.15, 0.2) is 118 Å². The van der Waals surface area contributed by atoms with Crippen LogP contribution in [-0.2, 0) is 13.3 Å². The van der Waals surface area contributed by atoms with Gasteiger partial charge in [-0.05, 0) is 142 Å². The van der Waals surface area contributed by atoms with Crippen molar-refractivity contribution in [3.8, 4) is 11.8 Å². The van der Waals surface area contributed by atoms with Crippen LogP contribution in [0.25, 0.3) is 0 Å². The molecule has 0 bridgehead atoms. The second kappa shape index (κ2) is 19.8. The van der Waals surface area contributed by atoms with Gasteiger partial charge >= 0.3 is 0 Å². The summed E-state index contributed by atoms with van der Waals surface area (Å²) >= 11 is 0. The molecule has 0 aliphatic heterocycles. The Kier molecular flexibility index (Phi) is 17.5. The number of hydrogen-bond acceptors (Lipinski definition) is 3. The molecule has 0 aromatic heterocycles. The van der Waals surface area contributed by atoms with E-state index in [0.717, 1.165) is 24.8 Å². The summed E-state index contributed by atoms with van der Waals surface area (Å²) in [4.78, 5) is 0. The van der Waals surface area contributed by atoms with Crippen LogP contribution in [0, 0.1) is 22.7 Å². The van der Waals surface area contributed by atoms with E-state index in [2.05, 4.69) is 219 Å². The predicted molar refractivity (Wildman–Crippen MR) is 251 cm³/mol. The summed E-state index contributed by atoms with van der Waals surface area (Å²) in [6.07, 6.45) is 31.5. The highest BCUT2D eigenvalue weighted by Crippen LogP contribution is 2.50. The van der Waals surface area contributed by atoms with E-state index in [9.17, 15) is 0 Å². The lowest BCUT2D eigenvalue weighted by atomic mass is 9.64. The normalized spacial score (nSPS) is 25.0. The molecule has 0 N–H and O–H groups in total. The summed E-state index contributed by atoms with van der Waals surface area (Å²) in [5.74, 6) is 6.94. The summed E-state index contributed by atoms with van der Waals surface area (Å²) in [5.41, 5.74) is 7.98. The molecule has 0 amide bonds. The molecule has 2 aliphatic rings. The van der Waals surface area contributed by atoms with Gasteiger partial charge in [0, 0.05) is 17.1 Å². The van der Waals surface area contributed by atoms with Gasteiger partial charge in [0.05, 0.1) is 6.10 Å². The van der Waals surface area contributed by atoms with Crippen molar-refractivity contribution in [2.75, 3.05) is 0 Å². The number of rotatable bonds is 14. The largest absolute Gasteiger partial charge is 0.414 e. The van der Waals surface area contributed by atoms with Gasteiger partial charge in [-0.25, -0.2) is 0 Å². The SMILES string of the molecule is CC1=C[C@@H](O[Si](C)(C)C)CC(C)(C)[C@@]1(/C=C/C(C)=C/C=C/C(C)=C\C=C\C=C(C)\C=C\C=C(/C)C#CC1=C(C)C[C@@H](O[Si](C)(C)C)CC1(C)C)O[Si](C)(C)C. The van der Waals surface area contributed by atoms with E-state index >= 15 is 0 Å². The lowest BCUT2D eigenvalue weighted by Crippen LogP contribution is -2.56. The average molecular weight is 799 g/mol. The standard InChI is InChI=1S/C49H78O3Si3/c1-38(26-22-28-40(3)30-31-46-42(5)34-44(36-47(46,7)8)50-53(11,12)13)24-20-21-25-39(2)27-23-29-41(4)32-33-49(52-55(17,18)19)43(6)35-45(37-48(49,9)10)51-54(14,15)16/h20-29,32-33,35,44-45H,34,36-37H2,1-19H3/b21-20+,26-22+,27-23+,33-32+,38-24+,39-25-,40-28+,41-29+/t44-,45-,49+/m1/s1. The van der Waals surface area contributed by atoms with Crippen LogP contribution in [0.2, 0.25) is 58.9 Å². The molecule has 0 radical (unpaired) electrons. The fourth-order valence-electron chi connectivity index (χ4n) is 7.63. The van der Waals surface area contributed by atoms with Gasteiger partial charge in [0.25, 0.3) is 0 Å². The van der Waals surface area contributed by atoms with E-state index in [0.29, 0.717) is 6.10 Å². The fraction of sp³-hybridized carbons (Fsp3) is 0.551. The van der Waals surface area contributed by atoms with Crippen LogP contribution in [0.3, 0.4) is 0 Å². The first-order valence-corrected chi connectivity index (χ1v) is 30.6. The van der Waals surface area contributed by atoms with Crippen LogP contribution in [0.5, 0.6) is 0 Å². The van der Waals surface area contributed by atoms with Gasteiger partial charge in [-0.3, -0.25) is 0 Å². The Hall–Kier alpha value is -2.51. The molecule has 0 unspecified atom stereocenters. The zero-order valence-corrected chi connectivity index (χ0v) is 41.5. The maximum atomic E-state index is 7.08. The monoisotopic (exact) mass is 799 g/mol. The van der Waals surface area contributed by atoms with Crippen molar-refractivity contribution in [1.29, 1.82) is 0 Å². The molecule has 0 spiro atoms. The van der Waals surface area contributed by atoms with E-state index in [1.165, 1.54) is 33.4 Å². The Bertz CT molecular complexity index is 1720. The minimum atomic E-state index is -1.88. The first-order chi connectivity index (χ1) is 25.0. The number of allylic oxidation sites excluding steroid dienone is 16. The van der Waals surface area contributed by atoms with Crippen molar-refractivity contribution in [3.05, 3.63) is 118 Å². The van der Waals surface area contributed by atoms with Crippen LogP contribution in [0.1, 0.15) is 88.5 Å². The van der Waals surface area contributed by atoms with E-state index < -0.39 is 30.6 Å². The smallest absolute Gasteiger partial charge is 0.185 e. The third-order valence-electron chi connectivity index (χ3n) is 9.82. The molecule has 0 heterocycles. The summed E-state index contributed by atoms with van der Waals surface area (Å²) in [7, 11) is -5.11. The van der Waals surface area contributed by atoms with Crippen LogP contribution in [-0.4, -0.2) is 42.8 Å². The van der Waals surface area contributed by atoms with Crippen molar-refractivity contribution < 1.29 is 13.3 Å². The van der Waals surface area contributed by atoms with Gasteiger partial charge in [-0.15, -0.1) is 0 Å². The molecular formula is C49H78O3Si3. The van der Waals surface area contributed by atoms with Crippen LogP contribution in [0.4, 0.5) is 0 Å². The summed E-state index contributed by atoms with van der Waals surface area (Å²) in [6, 6.07) is 0. The Balaban J connectivity index is 2.08. The minimum Gasteiger partial charge on any atom is -0.414 e. The lowest BCUT2D eigenvalue weighted by Gasteiger charge is -2.53. The van der Waals surface area contributed by atoms with Crippen LogP contribution >= 0.6 is 0 Å². The molecule has 0 saturated heterocycles. The van der Waals surface area contributed by atoms with Crippen molar-refractivity contribution in [3.63, 3.8) is 0 Å². The quantitative estimate of drug-likeness (QED) is 0.0758. The molecule has 3 nitrogen and oxygen atoms in total. The Morgan fingerprint density at radius 3 is 1.67 bits per heavy atom. The lowest BCUT2D eigenvalue weighted by molar-refractivity contribution is -0.0126. The highest BCUT2D eigenvalue weighted by Gasteiger charge is 2.51. The van der Waals surface area contributed by atoms with Gasteiger partial charge in [0.2, 0.25) is 0 Å². The zero-order chi connectivity index (χ0) is 42.0. The molecule has 0 aromatic rings. The molecule has 55 heavy (non-hydrogen) atoms. The van der Waals surface area contributed by atoms with Gasteiger partial charge < -0.3 is 13.3 Å². The Morgan fingerprint density at radius 1 is 0.673 bits per heavy atom. The van der Waals surface area contributed by atoms with Crippen molar-refractivity contribution >= 4 is 25.0 Å². The molecule has 3 atom stereocenters.